The van der Waals surface area contributed by atoms with Crippen molar-refractivity contribution < 1.29 is 9.47 Å². The predicted molar refractivity (Wildman–Crippen MR) is 125 cm³/mol. The SMILES string of the molecule is CCCCCCCCCCC(OC)(OC)C(CCCCCCCC)CC(C)C. The molecule has 2 heteroatoms. The van der Waals surface area contributed by atoms with Crippen molar-refractivity contribution in [3.8, 4) is 0 Å². The molecular formula is C26H54O2. The molecule has 0 aromatic heterocycles. The van der Waals surface area contributed by atoms with E-state index in [0.29, 0.717) is 11.8 Å². The second-order valence-electron chi connectivity index (χ2n) is 9.33. The van der Waals surface area contributed by atoms with Crippen LogP contribution in [0.15, 0.2) is 0 Å². The standard InChI is InChI=1S/C26H54O2/c1-7-9-11-13-15-16-18-20-22-26(27-5,28-6)25(23-24(3)4)21-19-17-14-12-10-8-2/h24-25H,7-23H2,1-6H3. The number of methoxy groups -OCH3 is 2. The molecule has 0 amide bonds. The first-order valence-corrected chi connectivity index (χ1v) is 12.7. The van der Waals surface area contributed by atoms with Crippen molar-refractivity contribution in [2.24, 2.45) is 11.8 Å². The summed E-state index contributed by atoms with van der Waals surface area (Å²) < 4.78 is 12.2. The van der Waals surface area contributed by atoms with Crippen LogP contribution in [-0.4, -0.2) is 20.0 Å². The Kier molecular flexibility index (Phi) is 18.9. The third kappa shape index (κ3) is 13.2. The Hall–Kier alpha value is -0.0800. The van der Waals surface area contributed by atoms with Gasteiger partial charge in [0.25, 0.3) is 0 Å². The molecule has 1 unspecified atom stereocenters. The van der Waals surface area contributed by atoms with E-state index >= 15 is 0 Å². The van der Waals surface area contributed by atoms with E-state index in [2.05, 4.69) is 27.7 Å². The minimum atomic E-state index is -0.379. The molecule has 0 saturated heterocycles. The maximum absolute atomic E-state index is 6.08. The van der Waals surface area contributed by atoms with Crippen LogP contribution in [0.25, 0.3) is 0 Å². The fraction of sp³-hybridized carbons (Fsp3) is 1.00. The van der Waals surface area contributed by atoms with Crippen LogP contribution in [0.2, 0.25) is 0 Å². The van der Waals surface area contributed by atoms with Crippen molar-refractivity contribution >= 4 is 0 Å². The van der Waals surface area contributed by atoms with E-state index in [1.807, 2.05) is 14.2 Å². The van der Waals surface area contributed by atoms with Gasteiger partial charge in [-0.05, 0) is 25.2 Å². The summed E-state index contributed by atoms with van der Waals surface area (Å²) in [6.45, 7) is 9.24. The normalized spacial score (nSPS) is 13.4. The van der Waals surface area contributed by atoms with E-state index in [9.17, 15) is 0 Å². The molecule has 0 spiro atoms. The summed E-state index contributed by atoms with van der Waals surface area (Å²) >= 11 is 0. The van der Waals surface area contributed by atoms with Crippen LogP contribution in [0.1, 0.15) is 137 Å². The first-order valence-electron chi connectivity index (χ1n) is 12.7. The van der Waals surface area contributed by atoms with Gasteiger partial charge in [0.2, 0.25) is 0 Å². The first-order chi connectivity index (χ1) is 13.6. The highest BCUT2D eigenvalue weighted by molar-refractivity contribution is 4.81. The lowest BCUT2D eigenvalue weighted by atomic mass is 9.82. The van der Waals surface area contributed by atoms with Gasteiger partial charge in [-0.25, -0.2) is 0 Å². The van der Waals surface area contributed by atoms with Gasteiger partial charge in [0, 0.05) is 26.6 Å². The molecule has 0 radical (unpaired) electrons. The van der Waals surface area contributed by atoms with Crippen LogP contribution in [0.3, 0.4) is 0 Å². The molecule has 0 aliphatic heterocycles. The van der Waals surface area contributed by atoms with E-state index in [0.717, 1.165) is 6.42 Å². The van der Waals surface area contributed by atoms with Gasteiger partial charge in [-0.2, -0.15) is 0 Å². The van der Waals surface area contributed by atoms with E-state index < -0.39 is 0 Å². The van der Waals surface area contributed by atoms with Gasteiger partial charge in [0.05, 0.1) is 0 Å². The van der Waals surface area contributed by atoms with Crippen molar-refractivity contribution in [2.75, 3.05) is 14.2 Å². The predicted octanol–water partition coefficient (Wildman–Crippen LogP) is 8.92. The van der Waals surface area contributed by atoms with Crippen LogP contribution in [0.5, 0.6) is 0 Å². The third-order valence-electron chi connectivity index (χ3n) is 6.35. The molecule has 0 aromatic rings. The number of ether oxygens (including phenoxy) is 2. The Morgan fingerprint density at radius 1 is 0.607 bits per heavy atom. The highest BCUT2D eigenvalue weighted by Crippen LogP contribution is 2.37. The minimum Gasteiger partial charge on any atom is -0.353 e. The molecule has 0 bridgehead atoms. The van der Waals surface area contributed by atoms with Crippen LogP contribution >= 0.6 is 0 Å². The van der Waals surface area contributed by atoms with Crippen molar-refractivity contribution in [3.05, 3.63) is 0 Å². The van der Waals surface area contributed by atoms with Crippen molar-refractivity contribution in [1.29, 1.82) is 0 Å². The summed E-state index contributed by atoms with van der Waals surface area (Å²) in [5.41, 5.74) is 0. The third-order valence-corrected chi connectivity index (χ3v) is 6.35. The second-order valence-corrected chi connectivity index (χ2v) is 9.33. The van der Waals surface area contributed by atoms with Crippen LogP contribution in [0, 0.1) is 11.8 Å². The van der Waals surface area contributed by atoms with Gasteiger partial charge in [-0.1, -0.05) is 111 Å². The average Bonchev–Trinajstić information content (AvgIpc) is 2.69. The summed E-state index contributed by atoms with van der Waals surface area (Å²) in [5.74, 6) is 0.821. The molecule has 0 heterocycles. The van der Waals surface area contributed by atoms with E-state index in [4.69, 9.17) is 9.47 Å². The van der Waals surface area contributed by atoms with E-state index in [1.165, 1.54) is 103 Å². The van der Waals surface area contributed by atoms with Crippen LogP contribution < -0.4 is 0 Å². The molecule has 0 aliphatic carbocycles. The highest BCUT2D eigenvalue weighted by atomic mass is 16.7. The molecule has 2 nitrogen and oxygen atoms in total. The summed E-state index contributed by atoms with van der Waals surface area (Å²) in [4.78, 5) is 0. The minimum absolute atomic E-state index is 0.379. The Labute approximate surface area is 178 Å². The molecule has 0 aromatic carbocycles. The van der Waals surface area contributed by atoms with Crippen molar-refractivity contribution in [2.45, 2.75) is 143 Å². The van der Waals surface area contributed by atoms with Crippen molar-refractivity contribution in [1.82, 2.24) is 0 Å². The van der Waals surface area contributed by atoms with E-state index in [1.54, 1.807) is 0 Å². The summed E-state index contributed by atoms with van der Waals surface area (Å²) in [5, 5.41) is 0. The van der Waals surface area contributed by atoms with Gasteiger partial charge in [0.1, 0.15) is 0 Å². The molecule has 1 atom stereocenters. The largest absolute Gasteiger partial charge is 0.353 e. The quantitative estimate of drug-likeness (QED) is 0.142. The molecule has 170 valence electrons. The maximum Gasteiger partial charge on any atom is 0.170 e. The molecule has 28 heavy (non-hydrogen) atoms. The Morgan fingerprint density at radius 2 is 1.04 bits per heavy atom. The fourth-order valence-corrected chi connectivity index (χ4v) is 4.59. The number of hydrogen-bond donors (Lipinski definition) is 0. The zero-order chi connectivity index (χ0) is 21.1. The second kappa shape index (κ2) is 18.9. The lowest BCUT2D eigenvalue weighted by molar-refractivity contribution is -0.249. The molecule has 0 saturated carbocycles. The van der Waals surface area contributed by atoms with E-state index in [-0.39, 0.29) is 5.79 Å². The smallest absolute Gasteiger partial charge is 0.170 e. The number of rotatable bonds is 21. The zero-order valence-electron chi connectivity index (χ0n) is 20.5. The van der Waals surface area contributed by atoms with Gasteiger partial charge in [-0.15, -0.1) is 0 Å². The lowest BCUT2D eigenvalue weighted by Crippen LogP contribution is -2.42. The number of hydrogen-bond acceptors (Lipinski definition) is 2. The molecule has 0 N–H and O–H groups in total. The van der Waals surface area contributed by atoms with Crippen molar-refractivity contribution in [3.63, 3.8) is 0 Å². The van der Waals surface area contributed by atoms with Crippen LogP contribution in [-0.2, 0) is 9.47 Å². The summed E-state index contributed by atoms with van der Waals surface area (Å²) in [7, 11) is 3.73. The fourth-order valence-electron chi connectivity index (χ4n) is 4.59. The van der Waals surface area contributed by atoms with Gasteiger partial charge in [0.15, 0.2) is 5.79 Å². The monoisotopic (exact) mass is 398 g/mol. The molecule has 0 fully saturated rings. The topological polar surface area (TPSA) is 18.5 Å². The first kappa shape index (κ1) is 27.9. The molecule has 0 aliphatic rings. The summed E-state index contributed by atoms with van der Waals surface area (Å²) in [6.07, 6.45) is 22.5. The average molecular weight is 399 g/mol. The Balaban J connectivity index is 4.45. The van der Waals surface area contributed by atoms with Gasteiger partial charge >= 0.3 is 0 Å². The number of unbranched alkanes of at least 4 members (excludes halogenated alkanes) is 12. The molecule has 0 rings (SSSR count). The van der Waals surface area contributed by atoms with Gasteiger partial charge in [-0.3, -0.25) is 0 Å². The Bertz CT molecular complexity index is 310. The molecular weight excluding hydrogens is 344 g/mol. The lowest BCUT2D eigenvalue weighted by Gasteiger charge is -2.39. The zero-order valence-corrected chi connectivity index (χ0v) is 20.5. The highest BCUT2D eigenvalue weighted by Gasteiger charge is 2.38. The van der Waals surface area contributed by atoms with Gasteiger partial charge < -0.3 is 9.47 Å². The Morgan fingerprint density at radius 3 is 1.46 bits per heavy atom. The van der Waals surface area contributed by atoms with Crippen LogP contribution in [0.4, 0.5) is 0 Å². The summed E-state index contributed by atoms with van der Waals surface area (Å²) in [6, 6.07) is 0. The maximum atomic E-state index is 6.08.